The van der Waals surface area contributed by atoms with Gasteiger partial charge in [0.2, 0.25) is 0 Å². The van der Waals surface area contributed by atoms with Gasteiger partial charge in [-0.2, -0.15) is 0 Å². The topological polar surface area (TPSA) is 12.0 Å². The molecule has 1 nitrogen and oxygen atoms in total. The summed E-state index contributed by atoms with van der Waals surface area (Å²) in [4.78, 5) is 0. The Morgan fingerprint density at radius 2 is 1.88 bits per heavy atom. The minimum atomic E-state index is 0. The Kier molecular flexibility index (Phi) is 66.9. The standard InChI is InChI=1S/C3H4N.CH3.3W/c1-3-4-2;;;;/h4H,2H3;1H3;;;/q2*-1;;;. The zero-order valence-corrected chi connectivity index (χ0v) is 13.5. The molecule has 0 aromatic heterocycles. The molecular formula is C4H7NW3-2. The Hall–Kier alpha value is 1.51. The van der Waals surface area contributed by atoms with Crippen LogP contribution in [0.2, 0.25) is 0 Å². The van der Waals surface area contributed by atoms with Gasteiger partial charge < -0.3 is 7.43 Å². The molecule has 0 aliphatic rings. The quantitative estimate of drug-likeness (QED) is 0.320. The summed E-state index contributed by atoms with van der Waals surface area (Å²) in [5.74, 6) is 0. The molecular weight excluding hydrogens is 614 g/mol. The summed E-state index contributed by atoms with van der Waals surface area (Å²) in [7, 11) is 1.80. The Morgan fingerprint density at radius 3 is 1.88 bits per heavy atom. The average Bonchev–Trinajstić information content (AvgIpc) is 1.41. The molecule has 0 saturated carbocycles. The van der Waals surface area contributed by atoms with Gasteiger partial charge in [-0.1, -0.05) is 0 Å². The van der Waals surface area contributed by atoms with Crippen LogP contribution in [0.1, 0.15) is 0 Å². The maximum atomic E-state index is 2.74. The monoisotopic (exact) mass is 621 g/mol. The summed E-state index contributed by atoms with van der Waals surface area (Å²) >= 11 is 1.30. The third-order valence-corrected chi connectivity index (χ3v) is 0.543. The van der Waals surface area contributed by atoms with Crippen LogP contribution in [0.25, 0.3) is 0 Å². The maximum Gasteiger partial charge on any atom is 0 e. The van der Waals surface area contributed by atoms with Crippen LogP contribution in [0.4, 0.5) is 0 Å². The van der Waals surface area contributed by atoms with Gasteiger partial charge in [0.05, 0.1) is 0 Å². The van der Waals surface area contributed by atoms with E-state index in [2.05, 4.69) is 15.6 Å². The Bertz CT molecular complexity index is 58.3. The molecule has 0 atom stereocenters. The van der Waals surface area contributed by atoms with Crippen LogP contribution >= 0.6 is 0 Å². The molecule has 0 saturated heterocycles. The molecule has 0 spiro atoms. The zero-order chi connectivity index (χ0) is 4.12. The fraction of sp³-hybridized carbons (Fsp3) is 0.250. The van der Waals surface area contributed by atoms with Gasteiger partial charge in [0.25, 0.3) is 0 Å². The summed E-state index contributed by atoms with van der Waals surface area (Å²) in [5, 5.41) is 2.68. The molecule has 0 unspecified atom stereocenters. The molecule has 0 amide bonds. The van der Waals surface area contributed by atoms with Crippen molar-refractivity contribution in [2.45, 2.75) is 0 Å². The Balaban J connectivity index is -0.0000000267. The summed E-state index contributed by atoms with van der Waals surface area (Å²) < 4.78 is 2.74. The molecule has 0 rings (SSSR count). The van der Waals surface area contributed by atoms with E-state index in [0.29, 0.717) is 0 Å². The normalized spacial score (nSPS) is 3.12. The van der Waals surface area contributed by atoms with Crippen molar-refractivity contribution in [3.8, 4) is 0 Å². The summed E-state index contributed by atoms with van der Waals surface area (Å²) in [6.45, 7) is 0. The maximum absolute atomic E-state index is 2.74. The van der Waals surface area contributed by atoms with Gasteiger partial charge in [0, 0.05) is 42.1 Å². The summed E-state index contributed by atoms with van der Waals surface area (Å²) in [5.41, 5.74) is 0. The number of hydrogen-bond acceptors (Lipinski definition) is 1. The molecule has 8 heavy (non-hydrogen) atoms. The Labute approximate surface area is 90.6 Å². The molecule has 0 aromatic carbocycles. The van der Waals surface area contributed by atoms with E-state index in [1.165, 1.54) is 19.4 Å². The van der Waals surface area contributed by atoms with Crippen LogP contribution in [0.5, 0.6) is 0 Å². The smallest absolute Gasteiger partial charge is 0 e. The Morgan fingerprint density at radius 1 is 1.50 bits per heavy atom. The second-order valence-corrected chi connectivity index (χ2v) is 1.21. The van der Waals surface area contributed by atoms with E-state index in [4.69, 9.17) is 0 Å². The molecule has 4 heteroatoms. The van der Waals surface area contributed by atoms with Gasteiger partial charge in [-0.15, -0.1) is 0 Å². The van der Waals surface area contributed by atoms with E-state index in [9.17, 15) is 0 Å². The van der Waals surface area contributed by atoms with Crippen LogP contribution in [-0.4, -0.2) is 11.1 Å². The first-order valence-electron chi connectivity index (χ1n) is 1.20. The van der Waals surface area contributed by atoms with Crippen molar-refractivity contribution in [1.29, 1.82) is 0 Å². The van der Waals surface area contributed by atoms with Gasteiger partial charge in [-0.25, -0.2) is 0 Å². The molecule has 0 aliphatic heterocycles. The minimum absolute atomic E-state index is 0. The first-order chi connectivity index (χ1) is 2.41. The first-order valence-corrected chi connectivity index (χ1v) is 2.67. The van der Waals surface area contributed by atoms with Crippen molar-refractivity contribution >= 4 is 4.06 Å². The van der Waals surface area contributed by atoms with Crippen molar-refractivity contribution in [2.75, 3.05) is 7.05 Å². The minimum Gasteiger partial charge on any atom is -0.358 e. The van der Waals surface area contributed by atoms with Gasteiger partial charge in [-0.05, 0) is 0 Å². The zero-order valence-electron chi connectivity index (χ0n) is 4.72. The van der Waals surface area contributed by atoms with Gasteiger partial charge >= 0.3 is 42.0 Å². The summed E-state index contributed by atoms with van der Waals surface area (Å²) in [6, 6.07) is 0. The second kappa shape index (κ2) is 23.6. The molecule has 0 heterocycles. The van der Waals surface area contributed by atoms with Gasteiger partial charge in [-0.3, -0.25) is 0 Å². The molecule has 1 N–H and O–H groups in total. The molecule has 0 fully saturated rings. The number of hydrogen-bond donors (Lipinski definition) is 1. The number of rotatable bonds is 1. The number of nitrogens with one attached hydrogen (secondary N) is 1. The molecule has 0 radical (unpaired) electrons. The van der Waals surface area contributed by atoms with Crippen LogP contribution in [0.3, 0.4) is 0 Å². The van der Waals surface area contributed by atoms with Gasteiger partial charge in [0.15, 0.2) is 0 Å². The molecule has 0 aliphatic carbocycles. The molecule has 0 bridgehead atoms. The largest absolute Gasteiger partial charge is 0.358 e. The van der Waals surface area contributed by atoms with Crippen LogP contribution in [0.15, 0.2) is 0 Å². The molecule has 48 valence electrons. The van der Waals surface area contributed by atoms with E-state index in [1.807, 2.05) is 0 Å². The van der Waals surface area contributed by atoms with Gasteiger partial charge in [0.1, 0.15) is 0 Å². The van der Waals surface area contributed by atoms with Crippen LogP contribution in [0, 0.1) is 13.6 Å². The van der Waals surface area contributed by atoms with E-state index in [1.54, 1.807) is 7.05 Å². The first kappa shape index (κ1) is 22.7. The van der Waals surface area contributed by atoms with Crippen molar-refractivity contribution in [2.24, 2.45) is 0 Å². The fourth-order valence-corrected chi connectivity index (χ4v) is 0.418. The van der Waals surface area contributed by atoms with Crippen molar-refractivity contribution in [3.63, 3.8) is 0 Å². The van der Waals surface area contributed by atoms with E-state index < -0.39 is 0 Å². The average molecular weight is 621 g/mol. The van der Waals surface area contributed by atoms with E-state index in [0.717, 1.165) is 0 Å². The van der Waals surface area contributed by atoms with E-state index in [-0.39, 0.29) is 49.6 Å². The predicted molar refractivity (Wildman–Crippen MR) is 23.7 cm³/mol. The molecule has 0 aromatic rings. The van der Waals surface area contributed by atoms with Crippen molar-refractivity contribution in [3.05, 3.63) is 13.6 Å². The SMILES string of the molecule is CN[C-]=[C]=[W].[CH3-].[W].[W]. The summed E-state index contributed by atoms with van der Waals surface area (Å²) in [6.07, 6.45) is 2.65. The van der Waals surface area contributed by atoms with Crippen LogP contribution in [-0.2, 0) is 61.5 Å². The van der Waals surface area contributed by atoms with E-state index >= 15 is 0 Å². The van der Waals surface area contributed by atoms with Crippen LogP contribution < -0.4 is 5.32 Å². The fourth-order valence-electron chi connectivity index (χ4n) is 0.0510. The van der Waals surface area contributed by atoms with Crippen molar-refractivity contribution in [1.82, 2.24) is 5.32 Å². The third-order valence-electron chi connectivity index (χ3n) is 0.176. The predicted octanol–water partition coefficient (Wildman–Crippen LogP) is -0.0841. The third kappa shape index (κ3) is 25.8. The van der Waals surface area contributed by atoms with Crippen molar-refractivity contribution < 1.29 is 61.5 Å². The second-order valence-electron chi connectivity index (χ2n) is 0.477.